The highest BCUT2D eigenvalue weighted by molar-refractivity contribution is 5.28. The molecule has 2 unspecified atom stereocenters. The molecule has 1 N–H and O–H groups in total. The van der Waals surface area contributed by atoms with E-state index in [-0.39, 0.29) is 17.9 Å². The third-order valence-electron chi connectivity index (χ3n) is 2.77. The molecule has 2 atom stereocenters. The van der Waals surface area contributed by atoms with Gasteiger partial charge in [0, 0.05) is 19.2 Å². The Bertz CT molecular complexity index is 357. The second-order valence-electron chi connectivity index (χ2n) is 4.34. The van der Waals surface area contributed by atoms with Crippen LogP contribution in [0, 0.1) is 0 Å². The van der Waals surface area contributed by atoms with Crippen LogP contribution in [0.2, 0.25) is 0 Å². The fraction of sp³-hybridized carbons (Fsp3) is 0.571. The largest absolute Gasteiger partial charge is 0.435 e. The lowest BCUT2D eigenvalue weighted by molar-refractivity contribution is -0.0498. The molecule has 0 heterocycles. The lowest BCUT2D eigenvalue weighted by Gasteiger charge is -2.18. The Morgan fingerprint density at radius 3 is 2.32 bits per heavy atom. The van der Waals surface area contributed by atoms with Gasteiger partial charge in [-0.2, -0.15) is 8.78 Å². The predicted octanol–water partition coefficient (Wildman–Crippen LogP) is 3.36. The monoisotopic (exact) mass is 273 g/mol. The molecular weight excluding hydrogens is 252 g/mol. The molecule has 0 spiro atoms. The van der Waals surface area contributed by atoms with E-state index >= 15 is 0 Å². The van der Waals surface area contributed by atoms with E-state index in [1.54, 1.807) is 24.3 Å². The summed E-state index contributed by atoms with van der Waals surface area (Å²) in [7, 11) is 0. The first-order valence-electron chi connectivity index (χ1n) is 6.42. The highest BCUT2D eigenvalue weighted by Gasteiger charge is 2.09. The topological polar surface area (TPSA) is 30.5 Å². The number of nitrogens with one attached hydrogen (secondary N) is 1. The number of benzene rings is 1. The molecule has 0 fully saturated rings. The first-order valence-corrected chi connectivity index (χ1v) is 6.42. The quantitative estimate of drug-likeness (QED) is 0.787. The van der Waals surface area contributed by atoms with Gasteiger partial charge in [0.25, 0.3) is 0 Å². The minimum absolute atomic E-state index is 0.128. The van der Waals surface area contributed by atoms with Gasteiger partial charge in [-0.15, -0.1) is 0 Å². The summed E-state index contributed by atoms with van der Waals surface area (Å²) >= 11 is 0. The SMILES string of the molecule is CCOC(C)CNC(C)c1ccc(OC(F)F)cc1. The zero-order valence-corrected chi connectivity index (χ0v) is 11.5. The molecule has 108 valence electrons. The van der Waals surface area contributed by atoms with Crippen molar-refractivity contribution in [2.24, 2.45) is 0 Å². The zero-order chi connectivity index (χ0) is 14.3. The molecule has 0 saturated carbocycles. The van der Waals surface area contributed by atoms with Crippen LogP contribution in [0.15, 0.2) is 24.3 Å². The minimum Gasteiger partial charge on any atom is -0.435 e. The molecule has 1 rings (SSSR count). The van der Waals surface area contributed by atoms with E-state index in [1.165, 1.54) is 0 Å². The molecule has 0 aliphatic heterocycles. The second kappa shape index (κ2) is 8.07. The molecule has 0 amide bonds. The van der Waals surface area contributed by atoms with Gasteiger partial charge in [-0.3, -0.25) is 0 Å². The van der Waals surface area contributed by atoms with Crippen LogP contribution in [-0.4, -0.2) is 25.9 Å². The van der Waals surface area contributed by atoms with Crippen LogP contribution >= 0.6 is 0 Å². The van der Waals surface area contributed by atoms with Crippen molar-refractivity contribution < 1.29 is 18.3 Å². The van der Waals surface area contributed by atoms with Crippen molar-refractivity contribution in [3.05, 3.63) is 29.8 Å². The maximum absolute atomic E-state index is 12.0. The number of hydrogen-bond donors (Lipinski definition) is 1. The van der Waals surface area contributed by atoms with E-state index in [4.69, 9.17) is 4.74 Å². The summed E-state index contributed by atoms with van der Waals surface area (Å²) in [6.45, 7) is 4.63. The lowest BCUT2D eigenvalue weighted by atomic mass is 10.1. The van der Waals surface area contributed by atoms with E-state index in [9.17, 15) is 8.78 Å². The molecule has 3 nitrogen and oxygen atoms in total. The van der Waals surface area contributed by atoms with Gasteiger partial charge >= 0.3 is 6.61 Å². The van der Waals surface area contributed by atoms with Crippen LogP contribution in [0.1, 0.15) is 32.4 Å². The fourth-order valence-electron chi connectivity index (χ4n) is 1.74. The van der Waals surface area contributed by atoms with Gasteiger partial charge in [-0.05, 0) is 38.5 Å². The maximum atomic E-state index is 12.0. The van der Waals surface area contributed by atoms with Crippen molar-refractivity contribution in [3.8, 4) is 5.75 Å². The number of rotatable bonds is 8. The van der Waals surface area contributed by atoms with Gasteiger partial charge in [-0.1, -0.05) is 12.1 Å². The van der Waals surface area contributed by atoms with Gasteiger partial charge < -0.3 is 14.8 Å². The van der Waals surface area contributed by atoms with Gasteiger partial charge in [-0.25, -0.2) is 0 Å². The normalized spacial score (nSPS) is 14.4. The van der Waals surface area contributed by atoms with Gasteiger partial charge in [0.2, 0.25) is 0 Å². The highest BCUT2D eigenvalue weighted by Crippen LogP contribution is 2.19. The fourth-order valence-corrected chi connectivity index (χ4v) is 1.74. The molecule has 19 heavy (non-hydrogen) atoms. The smallest absolute Gasteiger partial charge is 0.387 e. The molecule has 0 bridgehead atoms. The Hall–Kier alpha value is -1.20. The Morgan fingerprint density at radius 1 is 1.16 bits per heavy atom. The van der Waals surface area contributed by atoms with E-state index in [1.807, 2.05) is 20.8 Å². The molecule has 5 heteroatoms. The van der Waals surface area contributed by atoms with E-state index in [0.29, 0.717) is 6.61 Å². The molecule has 0 saturated heterocycles. The van der Waals surface area contributed by atoms with Crippen molar-refractivity contribution in [2.45, 2.75) is 39.5 Å². The molecule has 0 aliphatic carbocycles. The summed E-state index contributed by atoms with van der Waals surface area (Å²) in [5.74, 6) is 0.175. The van der Waals surface area contributed by atoms with E-state index in [2.05, 4.69) is 10.1 Å². The van der Waals surface area contributed by atoms with Crippen LogP contribution in [0.5, 0.6) is 5.75 Å². The average Bonchev–Trinajstić information content (AvgIpc) is 2.36. The third kappa shape index (κ3) is 5.98. The number of hydrogen-bond acceptors (Lipinski definition) is 3. The minimum atomic E-state index is -2.78. The van der Waals surface area contributed by atoms with Gasteiger partial charge in [0.15, 0.2) is 0 Å². The van der Waals surface area contributed by atoms with Crippen molar-refractivity contribution in [1.82, 2.24) is 5.32 Å². The third-order valence-corrected chi connectivity index (χ3v) is 2.77. The Morgan fingerprint density at radius 2 is 1.79 bits per heavy atom. The summed E-state index contributed by atoms with van der Waals surface area (Å²) in [6.07, 6.45) is 0.147. The van der Waals surface area contributed by atoms with Gasteiger partial charge in [0.05, 0.1) is 6.10 Å². The van der Waals surface area contributed by atoms with Crippen LogP contribution in [-0.2, 0) is 4.74 Å². The standard InChI is InChI=1S/C14H21F2NO2/c1-4-18-10(2)9-17-11(3)12-5-7-13(8-6-12)19-14(15)16/h5-8,10-11,14,17H,4,9H2,1-3H3. The Kier molecular flexibility index (Phi) is 6.73. The van der Waals surface area contributed by atoms with Crippen LogP contribution < -0.4 is 10.1 Å². The van der Waals surface area contributed by atoms with Crippen molar-refractivity contribution in [1.29, 1.82) is 0 Å². The first-order chi connectivity index (χ1) is 9.02. The molecule has 0 aromatic heterocycles. The van der Waals surface area contributed by atoms with Crippen LogP contribution in [0.3, 0.4) is 0 Å². The molecule has 0 aliphatic rings. The highest BCUT2D eigenvalue weighted by atomic mass is 19.3. The van der Waals surface area contributed by atoms with Crippen molar-refractivity contribution in [2.75, 3.05) is 13.2 Å². The zero-order valence-electron chi connectivity index (χ0n) is 11.5. The van der Waals surface area contributed by atoms with Crippen molar-refractivity contribution >= 4 is 0 Å². The summed E-state index contributed by atoms with van der Waals surface area (Å²) in [6, 6.07) is 6.78. The maximum Gasteiger partial charge on any atom is 0.387 e. The lowest BCUT2D eigenvalue weighted by Crippen LogP contribution is -2.29. The summed E-state index contributed by atoms with van der Waals surface area (Å²) in [4.78, 5) is 0. The summed E-state index contributed by atoms with van der Waals surface area (Å²) in [5.41, 5.74) is 1.02. The Labute approximate surface area is 112 Å². The Balaban J connectivity index is 2.46. The number of alkyl halides is 2. The van der Waals surface area contributed by atoms with Crippen LogP contribution in [0.4, 0.5) is 8.78 Å². The predicted molar refractivity (Wildman–Crippen MR) is 70.6 cm³/mol. The molecule has 0 radical (unpaired) electrons. The van der Waals surface area contributed by atoms with Crippen molar-refractivity contribution in [3.63, 3.8) is 0 Å². The van der Waals surface area contributed by atoms with E-state index in [0.717, 1.165) is 12.1 Å². The molecule has 1 aromatic carbocycles. The van der Waals surface area contributed by atoms with E-state index < -0.39 is 6.61 Å². The first kappa shape index (κ1) is 15.9. The van der Waals surface area contributed by atoms with Gasteiger partial charge in [0.1, 0.15) is 5.75 Å². The average molecular weight is 273 g/mol. The summed E-state index contributed by atoms with van der Waals surface area (Å²) < 4.78 is 33.8. The second-order valence-corrected chi connectivity index (χ2v) is 4.34. The number of halogens is 2. The molecular formula is C14H21F2NO2. The molecule has 1 aromatic rings. The van der Waals surface area contributed by atoms with Crippen LogP contribution in [0.25, 0.3) is 0 Å². The summed E-state index contributed by atoms with van der Waals surface area (Å²) in [5, 5.41) is 3.33. The number of ether oxygens (including phenoxy) is 2.